The Bertz CT molecular complexity index is 670. The van der Waals surface area contributed by atoms with E-state index in [4.69, 9.17) is 0 Å². The first kappa shape index (κ1) is 15.2. The van der Waals surface area contributed by atoms with E-state index in [9.17, 15) is 18.3 Å². The summed E-state index contributed by atoms with van der Waals surface area (Å²) in [5.74, 6) is -0.692. The van der Waals surface area contributed by atoms with Crippen LogP contribution in [-0.4, -0.2) is 60.2 Å². The molecule has 1 atom stereocenters. The van der Waals surface area contributed by atoms with Crippen molar-refractivity contribution in [3.05, 3.63) is 23.9 Å². The first-order chi connectivity index (χ1) is 10.5. The maximum atomic E-state index is 12.6. The van der Waals surface area contributed by atoms with Crippen LogP contribution in [0.5, 0.6) is 0 Å². The van der Waals surface area contributed by atoms with Gasteiger partial charge in [-0.1, -0.05) is 0 Å². The quantitative estimate of drug-likeness (QED) is 0.880. The molecule has 22 heavy (non-hydrogen) atoms. The van der Waals surface area contributed by atoms with Crippen molar-refractivity contribution in [2.75, 3.05) is 31.1 Å². The fraction of sp³-hybridized carbons (Fsp3) is 0.571. The smallest absolute Gasteiger partial charge is 0.339 e. The summed E-state index contributed by atoms with van der Waals surface area (Å²) in [5, 5.41) is 8.75. The lowest BCUT2D eigenvalue weighted by molar-refractivity contribution is 0.0697. The van der Waals surface area contributed by atoms with Crippen LogP contribution in [-0.2, 0) is 10.0 Å². The van der Waals surface area contributed by atoms with E-state index in [1.165, 1.54) is 12.3 Å². The third-order valence-corrected chi connectivity index (χ3v) is 6.62. The van der Waals surface area contributed by atoms with Gasteiger partial charge in [-0.3, -0.25) is 0 Å². The van der Waals surface area contributed by atoms with Gasteiger partial charge in [-0.15, -0.1) is 0 Å². The molecule has 120 valence electrons. The maximum absolute atomic E-state index is 12.6. The average Bonchev–Trinajstić information content (AvgIpc) is 3.19. The Morgan fingerprint density at radius 3 is 2.68 bits per heavy atom. The molecule has 0 amide bonds. The molecule has 0 saturated carbocycles. The Balaban J connectivity index is 1.79. The van der Waals surface area contributed by atoms with Crippen LogP contribution in [0.4, 0.5) is 5.82 Å². The highest BCUT2D eigenvalue weighted by molar-refractivity contribution is 7.89. The summed E-state index contributed by atoms with van der Waals surface area (Å²) < 4.78 is 26.8. The van der Waals surface area contributed by atoms with E-state index in [0.717, 1.165) is 12.8 Å². The van der Waals surface area contributed by atoms with Crippen molar-refractivity contribution in [1.29, 1.82) is 0 Å². The summed E-state index contributed by atoms with van der Waals surface area (Å²) in [5.41, 5.74) is 0.113. The Labute approximate surface area is 129 Å². The second-order valence-electron chi connectivity index (χ2n) is 5.69. The molecule has 2 aliphatic heterocycles. The Hall–Kier alpha value is -1.67. The number of carboxylic acid groups (broad SMARTS) is 1. The second-order valence-corrected chi connectivity index (χ2v) is 7.90. The monoisotopic (exact) mass is 325 g/mol. The molecule has 1 N–H and O–H groups in total. The van der Waals surface area contributed by atoms with Gasteiger partial charge in [0.2, 0.25) is 10.0 Å². The summed E-state index contributed by atoms with van der Waals surface area (Å²) in [6.07, 6.45) is 3.87. The van der Waals surface area contributed by atoms with Crippen LogP contribution in [0, 0.1) is 0 Å². The number of nitrogens with zero attached hydrogens (tertiary/aromatic N) is 3. The van der Waals surface area contributed by atoms with Crippen molar-refractivity contribution >= 4 is 21.8 Å². The third-order valence-electron chi connectivity index (χ3n) is 4.31. The van der Waals surface area contributed by atoms with Crippen molar-refractivity contribution in [3.8, 4) is 0 Å². The van der Waals surface area contributed by atoms with Crippen LogP contribution in [0.2, 0.25) is 0 Å². The van der Waals surface area contributed by atoms with Crippen LogP contribution in [0.1, 0.15) is 29.6 Å². The van der Waals surface area contributed by atoms with E-state index < -0.39 is 21.2 Å². The summed E-state index contributed by atoms with van der Waals surface area (Å²) in [7, 11) is -3.30. The SMILES string of the molecule is O=C(O)c1cccnc1N1CCC(S(=O)(=O)N2CCCC2)C1. The molecule has 0 radical (unpaired) electrons. The fourth-order valence-electron chi connectivity index (χ4n) is 3.13. The van der Waals surface area contributed by atoms with Crippen LogP contribution in [0.3, 0.4) is 0 Å². The van der Waals surface area contributed by atoms with E-state index in [2.05, 4.69) is 4.98 Å². The molecule has 1 aromatic heterocycles. The highest BCUT2D eigenvalue weighted by Gasteiger charge is 2.39. The number of sulfonamides is 1. The second kappa shape index (κ2) is 5.85. The van der Waals surface area contributed by atoms with Gasteiger partial charge in [0.1, 0.15) is 11.4 Å². The highest BCUT2D eigenvalue weighted by Crippen LogP contribution is 2.28. The molecule has 0 bridgehead atoms. The molecule has 0 aliphatic carbocycles. The molecule has 0 spiro atoms. The van der Waals surface area contributed by atoms with Gasteiger partial charge in [0.05, 0.1) is 5.25 Å². The predicted molar refractivity (Wildman–Crippen MR) is 81.5 cm³/mol. The van der Waals surface area contributed by atoms with Crippen LogP contribution < -0.4 is 4.90 Å². The normalized spacial score (nSPS) is 23.1. The summed E-state index contributed by atoms with van der Waals surface area (Å²) in [6, 6.07) is 3.06. The van der Waals surface area contributed by atoms with Gasteiger partial charge in [0.15, 0.2) is 0 Å². The molecule has 7 nitrogen and oxygen atoms in total. The van der Waals surface area contributed by atoms with Gasteiger partial charge in [-0.2, -0.15) is 0 Å². The van der Waals surface area contributed by atoms with Crippen molar-refractivity contribution in [3.63, 3.8) is 0 Å². The Morgan fingerprint density at radius 1 is 1.27 bits per heavy atom. The van der Waals surface area contributed by atoms with Gasteiger partial charge in [-0.05, 0) is 31.4 Å². The molecule has 1 aromatic rings. The van der Waals surface area contributed by atoms with E-state index in [-0.39, 0.29) is 5.56 Å². The number of hydrogen-bond acceptors (Lipinski definition) is 5. The van der Waals surface area contributed by atoms with Crippen molar-refractivity contribution in [2.24, 2.45) is 0 Å². The lowest BCUT2D eigenvalue weighted by atomic mass is 10.2. The number of rotatable bonds is 4. The molecule has 2 saturated heterocycles. The van der Waals surface area contributed by atoms with Gasteiger partial charge in [-0.25, -0.2) is 22.5 Å². The standard InChI is InChI=1S/C14H19N3O4S/c18-14(19)12-4-3-6-15-13(12)16-9-5-11(10-16)22(20,21)17-7-1-2-8-17/h3-4,6,11H,1-2,5,7-10H2,(H,18,19). The minimum Gasteiger partial charge on any atom is -0.478 e. The maximum Gasteiger partial charge on any atom is 0.339 e. The van der Waals surface area contributed by atoms with Gasteiger partial charge < -0.3 is 10.0 Å². The van der Waals surface area contributed by atoms with E-state index in [0.29, 0.717) is 38.4 Å². The van der Waals surface area contributed by atoms with Crippen LogP contribution in [0.15, 0.2) is 18.3 Å². The minimum absolute atomic E-state index is 0.113. The molecule has 1 unspecified atom stereocenters. The first-order valence-electron chi connectivity index (χ1n) is 7.42. The van der Waals surface area contributed by atoms with Crippen LogP contribution in [0.25, 0.3) is 0 Å². The van der Waals surface area contributed by atoms with Gasteiger partial charge in [0, 0.05) is 32.4 Å². The number of hydrogen-bond donors (Lipinski definition) is 1. The van der Waals surface area contributed by atoms with Gasteiger partial charge >= 0.3 is 5.97 Å². The molecule has 8 heteroatoms. The number of pyridine rings is 1. The van der Waals surface area contributed by atoms with Crippen LogP contribution >= 0.6 is 0 Å². The molecule has 3 rings (SSSR count). The molecular formula is C14H19N3O4S. The number of carboxylic acids is 1. The van der Waals surface area contributed by atoms with Crippen molar-refractivity contribution in [2.45, 2.75) is 24.5 Å². The zero-order valence-electron chi connectivity index (χ0n) is 12.2. The topological polar surface area (TPSA) is 90.8 Å². The molecule has 2 fully saturated rings. The zero-order chi connectivity index (χ0) is 15.7. The number of aromatic nitrogens is 1. The molecule has 0 aromatic carbocycles. The van der Waals surface area contributed by atoms with E-state index >= 15 is 0 Å². The number of anilines is 1. The number of aromatic carboxylic acids is 1. The first-order valence-corrected chi connectivity index (χ1v) is 8.92. The Morgan fingerprint density at radius 2 is 2.00 bits per heavy atom. The lowest BCUT2D eigenvalue weighted by Crippen LogP contribution is -2.38. The predicted octanol–water partition coefficient (Wildman–Crippen LogP) is 0.784. The largest absolute Gasteiger partial charge is 0.478 e. The third kappa shape index (κ3) is 2.68. The molecule has 3 heterocycles. The van der Waals surface area contributed by atoms with E-state index in [1.807, 2.05) is 0 Å². The zero-order valence-corrected chi connectivity index (χ0v) is 13.0. The van der Waals surface area contributed by atoms with Crippen molar-refractivity contribution < 1.29 is 18.3 Å². The molecular weight excluding hydrogens is 306 g/mol. The Kier molecular flexibility index (Phi) is 4.05. The number of carbonyl (C=O) groups is 1. The van der Waals surface area contributed by atoms with Crippen molar-refractivity contribution in [1.82, 2.24) is 9.29 Å². The highest BCUT2D eigenvalue weighted by atomic mass is 32.2. The summed E-state index contributed by atoms with van der Waals surface area (Å²) in [4.78, 5) is 17.2. The lowest BCUT2D eigenvalue weighted by Gasteiger charge is -2.22. The van der Waals surface area contributed by atoms with Gasteiger partial charge in [0.25, 0.3) is 0 Å². The molecule has 2 aliphatic rings. The fourth-order valence-corrected chi connectivity index (χ4v) is 5.09. The summed E-state index contributed by atoms with van der Waals surface area (Å²) in [6.45, 7) is 2.01. The average molecular weight is 325 g/mol. The van der Waals surface area contributed by atoms with E-state index in [1.54, 1.807) is 15.3 Å². The minimum atomic E-state index is -3.30. The summed E-state index contributed by atoms with van der Waals surface area (Å²) >= 11 is 0.